The first-order valence-corrected chi connectivity index (χ1v) is 13.4. The zero-order chi connectivity index (χ0) is 27.1. The number of aliphatic hydroxyl groups is 1. The summed E-state index contributed by atoms with van der Waals surface area (Å²) < 4.78 is 38.3. The fourth-order valence-electron chi connectivity index (χ4n) is 4.27. The highest BCUT2D eigenvalue weighted by molar-refractivity contribution is 7.12. The van der Waals surface area contributed by atoms with Crippen LogP contribution in [0.15, 0.2) is 65.4 Å². The van der Waals surface area contributed by atoms with Crippen molar-refractivity contribution >= 4 is 34.6 Å². The van der Waals surface area contributed by atoms with E-state index in [2.05, 4.69) is 31.3 Å². The van der Waals surface area contributed by atoms with Crippen LogP contribution in [-0.2, 0) is 26.3 Å². The zero-order valence-electron chi connectivity index (χ0n) is 20.1. The van der Waals surface area contributed by atoms with Gasteiger partial charge in [-0.1, -0.05) is 42.5 Å². The largest absolute Gasteiger partial charge is 0.542 e. The summed E-state index contributed by atoms with van der Waals surface area (Å²) in [6.07, 6.45) is -2.35. The number of carbonyl (C=O) groups excluding carboxylic acids is 2. The Balaban J connectivity index is 0.000000479. The summed E-state index contributed by atoms with van der Waals surface area (Å²) in [5.74, 6) is -3.57. The van der Waals surface area contributed by atoms with Gasteiger partial charge in [0.15, 0.2) is 6.10 Å². The number of aliphatic carboxylic acids is 1. The quantitative estimate of drug-likeness (QED) is 0.338. The molecular weight excluding hydrogens is 527 g/mol. The Morgan fingerprint density at radius 2 is 1.62 bits per heavy atom. The Bertz CT molecular complexity index is 1100. The van der Waals surface area contributed by atoms with Gasteiger partial charge in [-0.25, -0.2) is 4.79 Å². The highest BCUT2D eigenvalue weighted by atomic mass is 32.1. The zero-order valence-corrected chi connectivity index (χ0v) is 21.8. The second kappa shape index (κ2) is 12.2. The molecular formula is C26H28F3NO5S2. The average molecular weight is 556 g/mol. The summed E-state index contributed by atoms with van der Waals surface area (Å²) in [5, 5.41) is 23.9. The van der Waals surface area contributed by atoms with Crippen molar-refractivity contribution in [3.63, 3.8) is 0 Å². The fraction of sp³-hybridized carbons (Fsp3) is 0.385. The van der Waals surface area contributed by atoms with Crippen LogP contribution in [0.4, 0.5) is 13.2 Å². The maximum Gasteiger partial charge on any atom is 0.430 e. The minimum atomic E-state index is -5.19. The van der Waals surface area contributed by atoms with Gasteiger partial charge in [0.1, 0.15) is 12.5 Å². The van der Waals surface area contributed by atoms with Gasteiger partial charge in [0, 0.05) is 12.8 Å². The van der Waals surface area contributed by atoms with E-state index in [4.69, 9.17) is 14.6 Å². The van der Waals surface area contributed by atoms with Crippen LogP contribution < -0.4 is 5.11 Å². The first-order chi connectivity index (χ1) is 17.4. The van der Waals surface area contributed by atoms with E-state index in [1.54, 1.807) is 12.1 Å². The first kappa shape index (κ1) is 28.8. The number of carboxylic acid groups (broad SMARTS) is 1. The number of benzene rings is 1. The van der Waals surface area contributed by atoms with E-state index >= 15 is 0 Å². The van der Waals surface area contributed by atoms with Crippen LogP contribution in [0.5, 0.6) is 0 Å². The van der Waals surface area contributed by atoms with Crippen LogP contribution in [0.1, 0.15) is 28.2 Å². The van der Waals surface area contributed by atoms with Crippen LogP contribution in [0.25, 0.3) is 0 Å². The molecule has 3 heterocycles. The number of hydrogen-bond acceptors (Lipinski definition) is 7. The lowest BCUT2D eigenvalue weighted by Gasteiger charge is -2.30. The third kappa shape index (κ3) is 7.64. The lowest BCUT2D eigenvalue weighted by Crippen LogP contribution is -2.45. The molecule has 2 unspecified atom stereocenters. The number of aryl methyl sites for hydroxylation is 1. The van der Waals surface area contributed by atoms with Crippen molar-refractivity contribution in [3.8, 4) is 0 Å². The molecule has 0 saturated carbocycles. The summed E-state index contributed by atoms with van der Waals surface area (Å²) in [6.45, 7) is 2.84. The number of halogens is 3. The van der Waals surface area contributed by atoms with E-state index in [0.29, 0.717) is 9.75 Å². The van der Waals surface area contributed by atoms with Crippen LogP contribution >= 0.6 is 22.7 Å². The summed E-state index contributed by atoms with van der Waals surface area (Å²) >= 11 is 2.75. The van der Waals surface area contributed by atoms with Gasteiger partial charge in [-0.05, 0) is 34.9 Å². The van der Waals surface area contributed by atoms with Gasteiger partial charge in [0.05, 0.1) is 29.9 Å². The predicted octanol–water partition coefficient (Wildman–Crippen LogP) is 3.74. The lowest BCUT2D eigenvalue weighted by atomic mass is 10.00. The lowest BCUT2D eigenvalue weighted by molar-refractivity contribution is -0.899. The maximum absolute atomic E-state index is 13.2. The summed E-state index contributed by atoms with van der Waals surface area (Å²) in [4.78, 5) is 23.2. The first-order valence-electron chi connectivity index (χ1n) is 11.6. The predicted molar refractivity (Wildman–Crippen MR) is 133 cm³/mol. The minimum absolute atomic E-state index is 0.161. The van der Waals surface area contributed by atoms with Crippen LogP contribution in [0.3, 0.4) is 0 Å². The molecule has 6 nitrogen and oxygen atoms in total. The molecule has 1 N–H and O–H groups in total. The molecule has 1 aliphatic heterocycles. The number of carboxylic acids is 1. The maximum atomic E-state index is 13.2. The van der Waals surface area contributed by atoms with Crippen molar-refractivity contribution < 1.29 is 42.2 Å². The standard InChI is InChI=1S/C24H28NO3S2.C2HF3O2/c1-25(14-5-10-19-8-3-2-4-9-19)15-13-20(18-25)28-23(26)24(27,21-11-6-16-29-21)22-12-7-17-30-22;3-2(4,5)1(6)7/h2-4,6-9,11-12,16-17,20,27H,5,10,13-15,18H2,1H3;(H,6,7)/q+1;/p-1. The summed E-state index contributed by atoms with van der Waals surface area (Å²) in [6, 6.07) is 17.8. The second-order valence-electron chi connectivity index (χ2n) is 9.10. The number of ether oxygens (including phenoxy) is 1. The molecule has 200 valence electrons. The molecule has 37 heavy (non-hydrogen) atoms. The number of esters is 1. The second-order valence-corrected chi connectivity index (χ2v) is 11.0. The van der Waals surface area contributed by atoms with Gasteiger partial charge < -0.3 is 24.2 Å². The van der Waals surface area contributed by atoms with Gasteiger partial charge in [-0.3, -0.25) is 0 Å². The van der Waals surface area contributed by atoms with E-state index in [1.165, 1.54) is 28.2 Å². The molecule has 4 rings (SSSR count). The molecule has 0 amide bonds. The van der Waals surface area contributed by atoms with Gasteiger partial charge in [-0.2, -0.15) is 13.2 Å². The molecule has 0 aliphatic carbocycles. The molecule has 0 spiro atoms. The van der Waals surface area contributed by atoms with E-state index in [1.807, 2.05) is 29.0 Å². The molecule has 0 bridgehead atoms. The van der Waals surface area contributed by atoms with Crippen molar-refractivity contribution in [1.82, 2.24) is 0 Å². The highest BCUT2D eigenvalue weighted by Gasteiger charge is 2.46. The number of hydrogen-bond donors (Lipinski definition) is 1. The number of likely N-dealkylation sites (N-methyl/N-ethyl adjacent to an activating group) is 1. The number of alkyl halides is 3. The number of rotatable bonds is 8. The van der Waals surface area contributed by atoms with E-state index in [-0.39, 0.29) is 6.10 Å². The molecule has 1 fully saturated rings. The molecule has 3 aromatic rings. The van der Waals surface area contributed by atoms with Gasteiger partial charge >= 0.3 is 12.1 Å². The van der Waals surface area contributed by atoms with E-state index < -0.39 is 23.7 Å². The Hall–Kier alpha value is -2.73. The minimum Gasteiger partial charge on any atom is -0.542 e. The Labute approximate surface area is 221 Å². The van der Waals surface area contributed by atoms with Crippen molar-refractivity contribution in [2.45, 2.75) is 37.1 Å². The molecule has 1 aliphatic rings. The number of carbonyl (C=O) groups is 2. The number of thiophene rings is 2. The summed E-state index contributed by atoms with van der Waals surface area (Å²) in [5.41, 5.74) is -0.356. The Morgan fingerprint density at radius 3 is 2.11 bits per heavy atom. The topological polar surface area (TPSA) is 86.7 Å². The molecule has 2 atom stereocenters. The smallest absolute Gasteiger partial charge is 0.430 e. The fourth-order valence-corrected chi connectivity index (χ4v) is 5.98. The molecule has 1 saturated heterocycles. The average Bonchev–Trinajstić information content (AvgIpc) is 3.62. The molecule has 11 heteroatoms. The molecule has 2 aromatic heterocycles. The van der Waals surface area contributed by atoms with Crippen molar-refractivity contribution in [1.29, 1.82) is 0 Å². The Morgan fingerprint density at radius 1 is 1.05 bits per heavy atom. The number of likely N-dealkylation sites (tertiary alicyclic amines) is 1. The van der Waals surface area contributed by atoms with Crippen molar-refractivity contribution in [2.75, 3.05) is 26.7 Å². The van der Waals surface area contributed by atoms with Crippen LogP contribution in [0.2, 0.25) is 0 Å². The SMILES string of the molecule is C[N+]1(CCCc2ccccc2)CCC(OC(=O)C(O)(c2cccs2)c2cccs2)C1.O=C([O-])C(F)(F)F. The van der Waals surface area contributed by atoms with Crippen molar-refractivity contribution in [3.05, 3.63) is 80.7 Å². The van der Waals surface area contributed by atoms with E-state index in [0.717, 1.165) is 43.4 Å². The number of quaternary nitrogens is 1. The van der Waals surface area contributed by atoms with Gasteiger partial charge in [0.2, 0.25) is 5.60 Å². The molecule has 0 radical (unpaired) electrons. The monoisotopic (exact) mass is 555 g/mol. The van der Waals surface area contributed by atoms with E-state index in [9.17, 15) is 23.1 Å². The third-order valence-electron chi connectivity index (χ3n) is 6.20. The Kier molecular flexibility index (Phi) is 9.51. The van der Waals surface area contributed by atoms with Gasteiger partial charge in [-0.15, -0.1) is 22.7 Å². The normalized spacial score (nSPS) is 19.6. The summed E-state index contributed by atoms with van der Waals surface area (Å²) in [7, 11) is 2.24. The van der Waals surface area contributed by atoms with Crippen LogP contribution in [-0.4, -0.2) is 60.5 Å². The van der Waals surface area contributed by atoms with Crippen molar-refractivity contribution in [2.24, 2.45) is 0 Å². The number of nitrogens with zero attached hydrogens (tertiary/aromatic N) is 1. The van der Waals surface area contributed by atoms with Crippen LogP contribution in [0, 0.1) is 0 Å². The molecule has 1 aromatic carbocycles. The third-order valence-corrected chi connectivity index (χ3v) is 8.15. The van der Waals surface area contributed by atoms with Gasteiger partial charge in [0.25, 0.3) is 0 Å². The highest BCUT2D eigenvalue weighted by Crippen LogP contribution is 2.37.